The lowest BCUT2D eigenvalue weighted by atomic mass is 10.3. The number of aromatic nitrogens is 3. The molecule has 0 atom stereocenters. The van der Waals surface area contributed by atoms with Gasteiger partial charge in [-0.25, -0.2) is 9.97 Å². The van der Waals surface area contributed by atoms with Crippen LogP contribution in [0.4, 0.5) is 5.82 Å². The number of anilines is 1. The zero-order valence-electron chi connectivity index (χ0n) is 13.4. The van der Waals surface area contributed by atoms with E-state index in [-0.39, 0.29) is 0 Å². The van der Waals surface area contributed by atoms with E-state index < -0.39 is 0 Å². The van der Waals surface area contributed by atoms with Crippen molar-refractivity contribution in [1.29, 1.82) is 0 Å². The molecule has 2 N–H and O–H groups in total. The summed E-state index contributed by atoms with van der Waals surface area (Å²) in [7, 11) is 2.07. The lowest BCUT2D eigenvalue weighted by Gasteiger charge is -2.07. The summed E-state index contributed by atoms with van der Waals surface area (Å²) < 4.78 is 2.15. The Morgan fingerprint density at radius 2 is 1.95 bits per heavy atom. The molecule has 0 spiro atoms. The molecule has 5 heteroatoms. The van der Waals surface area contributed by atoms with Gasteiger partial charge in [0.25, 0.3) is 0 Å². The van der Waals surface area contributed by atoms with Crippen LogP contribution in [0.25, 0.3) is 0 Å². The van der Waals surface area contributed by atoms with Crippen LogP contribution >= 0.6 is 0 Å². The van der Waals surface area contributed by atoms with E-state index in [4.69, 9.17) is 0 Å². The SMILES string of the molecule is Cc1ccc(NCCCNCc2nc(C)c(C)n2C)nc1. The van der Waals surface area contributed by atoms with Gasteiger partial charge in [0.1, 0.15) is 11.6 Å². The van der Waals surface area contributed by atoms with Crippen molar-refractivity contribution in [2.45, 2.75) is 33.7 Å². The Bertz CT molecular complexity index is 571. The van der Waals surface area contributed by atoms with Crippen molar-refractivity contribution in [2.24, 2.45) is 7.05 Å². The first-order chi connectivity index (χ1) is 10.1. The van der Waals surface area contributed by atoms with E-state index in [0.29, 0.717) is 0 Å². The number of hydrogen-bond donors (Lipinski definition) is 2. The van der Waals surface area contributed by atoms with Crippen LogP contribution in [0.15, 0.2) is 18.3 Å². The largest absolute Gasteiger partial charge is 0.370 e. The van der Waals surface area contributed by atoms with Crippen LogP contribution in [0.1, 0.15) is 29.2 Å². The number of nitrogens with one attached hydrogen (secondary N) is 2. The van der Waals surface area contributed by atoms with Crippen molar-refractivity contribution in [1.82, 2.24) is 19.9 Å². The maximum absolute atomic E-state index is 4.56. The van der Waals surface area contributed by atoms with Crippen molar-refractivity contribution >= 4 is 5.82 Å². The summed E-state index contributed by atoms with van der Waals surface area (Å²) in [6.07, 6.45) is 2.93. The van der Waals surface area contributed by atoms with Gasteiger partial charge in [0.2, 0.25) is 0 Å². The molecule has 5 nitrogen and oxygen atoms in total. The van der Waals surface area contributed by atoms with Gasteiger partial charge in [0.05, 0.1) is 12.2 Å². The third kappa shape index (κ3) is 4.29. The highest BCUT2D eigenvalue weighted by atomic mass is 15.1. The zero-order valence-corrected chi connectivity index (χ0v) is 13.4. The summed E-state index contributed by atoms with van der Waals surface area (Å²) in [4.78, 5) is 8.88. The van der Waals surface area contributed by atoms with Crippen molar-refractivity contribution in [3.05, 3.63) is 41.1 Å². The minimum atomic E-state index is 0.813. The second-order valence-electron chi connectivity index (χ2n) is 5.44. The van der Waals surface area contributed by atoms with Gasteiger partial charge in [-0.1, -0.05) is 6.07 Å². The van der Waals surface area contributed by atoms with Crippen LogP contribution in [0.3, 0.4) is 0 Å². The minimum Gasteiger partial charge on any atom is -0.370 e. The number of hydrogen-bond acceptors (Lipinski definition) is 4. The predicted molar refractivity (Wildman–Crippen MR) is 86.5 cm³/mol. The maximum atomic E-state index is 4.56. The molecule has 21 heavy (non-hydrogen) atoms. The molecule has 2 rings (SSSR count). The molecular formula is C16H25N5. The lowest BCUT2D eigenvalue weighted by molar-refractivity contribution is 0.619. The smallest absolute Gasteiger partial charge is 0.125 e. The summed E-state index contributed by atoms with van der Waals surface area (Å²) in [6.45, 7) is 8.89. The fourth-order valence-electron chi connectivity index (χ4n) is 2.15. The number of pyridine rings is 1. The molecular weight excluding hydrogens is 262 g/mol. The molecule has 0 fully saturated rings. The molecule has 2 aromatic heterocycles. The first-order valence-corrected chi connectivity index (χ1v) is 7.44. The Morgan fingerprint density at radius 1 is 1.14 bits per heavy atom. The quantitative estimate of drug-likeness (QED) is 0.768. The summed E-state index contributed by atoms with van der Waals surface area (Å²) in [6, 6.07) is 4.08. The number of imidazole rings is 1. The lowest BCUT2D eigenvalue weighted by Crippen LogP contribution is -2.20. The first kappa shape index (κ1) is 15.5. The minimum absolute atomic E-state index is 0.813. The molecule has 0 aromatic carbocycles. The Labute approximate surface area is 126 Å². The molecule has 0 bridgehead atoms. The summed E-state index contributed by atoms with van der Waals surface area (Å²) in [5.74, 6) is 2.04. The molecule has 2 aromatic rings. The average molecular weight is 287 g/mol. The van der Waals surface area contributed by atoms with Crippen LogP contribution in [0.5, 0.6) is 0 Å². The van der Waals surface area contributed by atoms with Crippen LogP contribution in [-0.4, -0.2) is 27.6 Å². The molecule has 0 amide bonds. The third-order valence-electron chi connectivity index (χ3n) is 3.74. The van der Waals surface area contributed by atoms with Gasteiger partial charge in [0.15, 0.2) is 0 Å². The highest BCUT2D eigenvalue weighted by molar-refractivity contribution is 5.34. The van der Waals surface area contributed by atoms with E-state index in [1.807, 2.05) is 19.2 Å². The fourth-order valence-corrected chi connectivity index (χ4v) is 2.15. The van der Waals surface area contributed by atoms with E-state index in [2.05, 4.69) is 52.1 Å². The summed E-state index contributed by atoms with van der Waals surface area (Å²) in [5, 5.41) is 6.76. The fraction of sp³-hybridized carbons (Fsp3) is 0.500. The Kier molecular flexibility index (Phi) is 5.33. The van der Waals surface area contributed by atoms with Gasteiger partial charge < -0.3 is 15.2 Å². The molecule has 0 aliphatic carbocycles. The van der Waals surface area contributed by atoms with Gasteiger partial charge in [0, 0.05) is 25.5 Å². The second kappa shape index (κ2) is 7.22. The maximum Gasteiger partial charge on any atom is 0.125 e. The van der Waals surface area contributed by atoms with E-state index in [1.54, 1.807) is 0 Å². The molecule has 0 saturated heterocycles. The van der Waals surface area contributed by atoms with Crippen LogP contribution < -0.4 is 10.6 Å². The second-order valence-corrected chi connectivity index (χ2v) is 5.44. The molecule has 0 saturated carbocycles. The van der Waals surface area contributed by atoms with Crippen molar-refractivity contribution < 1.29 is 0 Å². The third-order valence-corrected chi connectivity index (χ3v) is 3.74. The van der Waals surface area contributed by atoms with Crippen molar-refractivity contribution in [2.75, 3.05) is 18.4 Å². The summed E-state index contributed by atoms with van der Waals surface area (Å²) >= 11 is 0. The van der Waals surface area contributed by atoms with Gasteiger partial charge >= 0.3 is 0 Å². The highest BCUT2D eigenvalue weighted by Crippen LogP contribution is 2.07. The normalized spacial score (nSPS) is 10.9. The average Bonchev–Trinajstić information content (AvgIpc) is 2.72. The first-order valence-electron chi connectivity index (χ1n) is 7.44. The summed E-state index contributed by atoms with van der Waals surface area (Å²) in [5.41, 5.74) is 3.53. The van der Waals surface area contributed by atoms with Gasteiger partial charge in [-0.3, -0.25) is 0 Å². The van der Waals surface area contributed by atoms with Crippen molar-refractivity contribution in [3.8, 4) is 0 Å². The van der Waals surface area contributed by atoms with Gasteiger partial charge in [-0.15, -0.1) is 0 Å². The Hall–Kier alpha value is -1.88. The van der Waals surface area contributed by atoms with E-state index in [0.717, 1.165) is 43.4 Å². The molecule has 0 aliphatic heterocycles. The predicted octanol–water partition coefficient (Wildman–Crippen LogP) is 2.33. The Morgan fingerprint density at radius 3 is 2.57 bits per heavy atom. The zero-order chi connectivity index (χ0) is 15.2. The van der Waals surface area contributed by atoms with Crippen LogP contribution in [0.2, 0.25) is 0 Å². The molecule has 2 heterocycles. The Balaban J connectivity index is 1.64. The van der Waals surface area contributed by atoms with Crippen LogP contribution in [-0.2, 0) is 13.6 Å². The highest BCUT2D eigenvalue weighted by Gasteiger charge is 2.06. The molecule has 0 radical (unpaired) electrons. The number of aryl methyl sites for hydroxylation is 2. The number of nitrogens with zero attached hydrogens (tertiary/aromatic N) is 3. The van der Waals surface area contributed by atoms with E-state index >= 15 is 0 Å². The van der Waals surface area contributed by atoms with Crippen LogP contribution in [0, 0.1) is 20.8 Å². The van der Waals surface area contributed by atoms with E-state index in [9.17, 15) is 0 Å². The van der Waals surface area contributed by atoms with Crippen molar-refractivity contribution in [3.63, 3.8) is 0 Å². The topological polar surface area (TPSA) is 54.8 Å². The monoisotopic (exact) mass is 287 g/mol. The number of rotatable bonds is 7. The standard InChI is InChI=1S/C16H25N5/c1-12-6-7-15(19-10-12)18-9-5-8-17-11-16-20-13(2)14(3)21(16)4/h6-7,10,17H,5,8-9,11H2,1-4H3,(H,18,19). The van der Waals surface area contributed by atoms with E-state index in [1.165, 1.54) is 11.3 Å². The molecule has 114 valence electrons. The van der Waals surface area contributed by atoms with Gasteiger partial charge in [-0.2, -0.15) is 0 Å². The molecule has 0 aliphatic rings. The van der Waals surface area contributed by atoms with Gasteiger partial charge in [-0.05, 0) is 45.4 Å². The molecule has 0 unspecified atom stereocenters.